The van der Waals surface area contributed by atoms with Crippen LogP contribution in [0.25, 0.3) is 0 Å². The molecule has 0 aromatic carbocycles. The number of amides is 3. The predicted molar refractivity (Wildman–Crippen MR) is 76.6 cm³/mol. The first-order valence-electron chi connectivity index (χ1n) is 7.31. The van der Waals surface area contributed by atoms with Gasteiger partial charge in [-0.3, -0.25) is 19.2 Å². The first kappa shape index (κ1) is 18.8. The zero-order valence-corrected chi connectivity index (χ0v) is 12.7. The van der Waals surface area contributed by atoms with E-state index in [-0.39, 0.29) is 45.2 Å². The molecule has 1 aliphatic heterocycles. The van der Waals surface area contributed by atoms with E-state index in [1.807, 2.05) is 0 Å². The molecule has 1 fully saturated rings. The summed E-state index contributed by atoms with van der Waals surface area (Å²) in [6, 6.07) is -0.958. The van der Waals surface area contributed by atoms with Crippen LogP contribution in [0.3, 0.4) is 0 Å². The van der Waals surface area contributed by atoms with Gasteiger partial charge in [0.05, 0.1) is 0 Å². The molecule has 3 amide bonds. The molecule has 1 rings (SSSR count). The highest BCUT2D eigenvalue weighted by Crippen LogP contribution is 2.11. The number of cyclic esters (lactones) is 1. The molecule has 2 atom stereocenters. The molecule has 0 bridgehead atoms. The molecule has 1 heterocycles. The van der Waals surface area contributed by atoms with Crippen LogP contribution >= 0.6 is 0 Å². The van der Waals surface area contributed by atoms with E-state index in [0.717, 1.165) is 5.06 Å². The third kappa shape index (κ3) is 6.61. The number of nitrogens with one attached hydrogen (secondary N) is 1. The van der Waals surface area contributed by atoms with Gasteiger partial charge in [-0.05, 0) is 12.8 Å². The van der Waals surface area contributed by atoms with Crippen LogP contribution in [0, 0.1) is 0 Å². The van der Waals surface area contributed by atoms with E-state index in [1.165, 1.54) is 0 Å². The van der Waals surface area contributed by atoms with Crippen LogP contribution in [0.5, 0.6) is 0 Å². The number of hydrogen-bond acceptors (Lipinski definition) is 7. The summed E-state index contributed by atoms with van der Waals surface area (Å²) in [6.45, 7) is 0.130. The van der Waals surface area contributed by atoms with E-state index in [0.29, 0.717) is 0 Å². The van der Waals surface area contributed by atoms with Crippen molar-refractivity contribution < 1.29 is 29.1 Å². The Bertz CT molecular complexity index is 469. The third-order valence-corrected chi connectivity index (χ3v) is 3.39. The average Bonchev–Trinajstić information content (AvgIpc) is 2.45. The van der Waals surface area contributed by atoms with Gasteiger partial charge in [-0.15, -0.1) is 0 Å². The van der Waals surface area contributed by atoms with Crippen molar-refractivity contribution in [1.82, 2.24) is 10.4 Å². The lowest BCUT2D eigenvalue weighted by Gasteiger charge is -2.26. The van der Waals surface area contributed by atoms with Crippen LogP contribution in [0.2, 0.25) is 0 Å². The lowest BCUT2D eigenvalue weighted by Crippen LogP contribution is -2.48. The molecule has 23 heavy (non-hydrogen) atoms. The molecule has 0 radical (unpaired) electrons. The van der Waals surface area contributed by atoms with E-state index in [9.17, 15) is 24.4 Å². The number of hydrogen-bond donors (Lipinski definition) is 4. The summed E-state index contributed by atoms with van der Waals surface area (Å²) >= 11 is 0. The summed E-state index contributed by atoms with van der Waals surface area (Å²) < 4.78 is 4.94. The molecular formula is C13H22N4O6. The number of carbonyl (C=O) groups excluding carboxylic acids is 4. The second-order valence-corrected chi connectivity index (χ2v) is 5.25. The normalized spacial score (nSPS) is 23.0. The highest BCUT2D eigenvalue weighted by molar-refractivity contribution is 5.84. The van der Waals surface area contributed by atoms with Gasteiger partial charge in [0, 0.05) is 32.4 Å². The van der Waals surface area contributed by atoms with Gasteiger partial charge < -0.3 is 26.7 Å². The smallest absolute Gasteiger partial charge is 0.306 e. The summed E-state index contributed by atoms with van der Waals surface area (Å²) in [6.07, 6.45) is -0.817. The van der Waals surface area contributed by atoms with Crippen LogP contribution in [0.4, 0.5) is 0 Å². The average molecular weight is 330 g/mol. The summed E-state index contributed by atoms with van der Waals surface area (Å²) in [5.41, 5.74) is 10.1. The van der Waals surface area contributed by atoms with Gasteiger partial charge in [-0.25, -0.2) is 0 Å². The summed E-state index contributed by atoms with van der Waals surface area (Å²) in [5.74, 6) is -2.43. The van der Waals surface area contributed by atoms with E-state index < -0.39 is 35.8 Å². The fourth-order valence-electron chi connectivity index (χ4n) is 2.16. The van der Waals surface area contributed by atoms with E-state index in [1.54, 1.807) is 0 Å². The van der Waals surface area contributed by atoms with Crippen LogP contribution in [0.15, 0.2) is 0 Å². The summed E-state index contributed by atoms with van der Waals surface area (Å²) in [7, 11) is 0. The Balaban J connectivity index is 2.64. The first-order chi connectivity index (χ1) is 10.8. The number of esters is 1. The minimum absolute atomic E-state index is 0.00319. The number of hydroxylamine groups is 2. The zero-order valence-electron chi connectivity index (χ0n) is 12.7. The maximum atomic E-state index is 12.1. The van der Waals surface area contributed by atoms with Crippen molar-refractivity contribution in [3.8, 4) is 0 Å². The minimum Gasteiger partial charge on any atom is -0.452 e. The number of primary amides is 2. The summed E-state index contributed by atoms with van der Waals surface area (Å²) in [5, 5.41) is 13.3. The van der Waals surface area contributed by atoms with Gasteiger partial charge in [0.2, 0.25) is 11.8 Å². The SMILES string of the molecule is NC(=O)CCCN(O)C1CCC(=O)OC(C(N)=O)CCNC1=O. The van der Waals surface area contributed by atoms with Crippen LogP contribution in [0.1, 0.15) is 32.1 Å². The molecule has 2 unspecified atom stereocenters. The molecule has 1 saturated heterocycles. The van der Waals surface area contributed by atoms with Crippen molar-refractivity contribution >= 4 is 23.7 Å². The lowest BCUT2D eigenvalue weighted by atomic mass is 10.1. The van der Waals surface area contributed by atoms with E-state index in [2.05, 4.69) is 5.32 Å². The molecule has 1 aliphatic rings. The molecule has 130 valence electrons. The van der Waals surface area contributed by atoms with Crippen LogP contribution in [-0.2, 0) is 23.9 Å². The highest BCUT2D eigenvalue weighted by Gasteiger charge is 2.29. The molecule has 6 N–H and O–H groups in total. The lowest BCUT2D eigenvalue weighted by molar-refractivity contribution is -0.164. The topological polar surface area (TPSA) is 165 Å². The third-order valence-electron chi connectivity index (χ3n) is 3.39. The number of nitrogens with zero attached hydrogens (tertiary/aromatic N) is 1. The van der Waals surface area contributed by atoms with Crippen molar-refractivity contribution in [2.24, 2.45) is 11.5 Å². The van der Waals surface area contributed by atoms with Crippen molar-refractivity contribution in [3.63, 3.8) is 0 Å². The van der Waals surface area contributed by atoms with E-state index in [4.69, 9.17) is 16.2 Å². The maximum absolute atomic E-state index is 12.1. The molecule has 0 spiro atoms. The van der Waals surface area contributed by atoms with Gasteiger partial charge in [-0.2, -0.15) is 5.06 Å². The van der Waals surface area contributed by atoms with Crippen LogP contribution < -0.4 is 16.8 Å². The number of ether oxygens (including phenoxy) is 1. The van der Waals surface area contributed by atoms with Gasteiger partial charge in [0.25, 0.3) is 5.91 Å². The highest BCUT2D eigenvalue weighted by atomic mass is 16.5. The minimum atomic E-state index is -1.08. The van der Waals surface area contributed by atoms with Crippen molar-refractivity contribution in [2.45, 2.75) is 44.2 Å². The Hall–Kier alpha value is -2.20. The molecule has 10 nitrogen and oxygen atoms in total. The molecule has 0 aliphatic carbocycles. The second kappa shape index (κ2) is 9.06. The molecular weight excluding hydrogens is 308 g/mol. The fraction of sp³-hybridized carbons (Fsp3) is 0.692. The van der Waals surface area contributed by atoms with Crippen molar-refractivity contribution in [1.29, 1.82) is 0 Å². The monoisotopic (exact) mass is 330 g/mol. The Morgan fingerprint density at radius 1 is 1.30 bits per heavy atom. The van der Waals surface area contributed by atoms with Crippen molar-refractivity contribution in [3.05, 3.63) is 0 Å². The number of rotatable bonds is 6. The standard InChI is InChI=1S/C13H22N4O6/c14-10(18)2-1-7-17(22)8-3-4-11(19)23-9(12(15)20)5-6-16-13(8)21/h8-9,22H,1-7H2,(H2,14,18)(H2,15,20)(H,16,21). The van der Waals surface area contributed by atoms with Gasteiger partial charge in [-0.1, -0.05) is 0 Å². The van der Waals surface area contributed by atoms with Gasteiger partial charge in [0.1, 0.15) is 6.04 Å². The van der Waals surface area contributed by atoms with Gasteiger partial charge in [0.15, 0.2) is 6.10 Å². The Kier molecular flexibility index (Phi) is 7.42. The maximum Gasteiger partial charge on any atom is 0.306 e. The van der Waals surface area contributed by atoms with Gasteiger partial charge >= 0.3 is 5.97 Å². The quantitative estimate of drug-likeness (QED) is 0.323. The number of nitrogens with two attached hydrogens (primary N) is 2. The molecule has 10 heteroatoms. The molecule has 0 saturated carbocycles. The Morgan fingerprint density at radius 3 is 2.61 bits per heavy atom. The second-order valence-electron chi connectivity index (χ2n) is 5.25. The Morgan fingerprint density at radius 2 is 2.00 bits per heavy atom. The molecule has 0 aromatic heterocycles. The Labute approximate surface area is 133 Å². The predicted octanol–water partition coefficient (Wildman–Crippen LogP) is -1.99. The fourth-order valence-corrected chi connectivity index (χ4v) is 2.16. The first-order valence-corrected chi connectivity index (χ1v) is 7.31. The van der Waals surface area contributed by atoms with Crippen LogP contribution in [-0.4, -0.2) is 59.2 Å². The number of carbonyl (C=O) groups is 4. The zero-order chi connectivity index (χ0) is 17.4. The molecule has 0 aromatic rings. The largest absolute Gasteiger partial charge is 0.452 e. The van der Waals surface area contributed by atoms with Crippen molar-refractivity contribution in [2.75, 3.05) is 13.1 Å². The summed E-state index contributed by atoms with van der Waals surface area (Å²) in [4.78, 5) is 45.6. The van der Waals surface area contributed by atoms with E-state index >= 15 is 0 Å².